The van der Waals surface area contributed by atoms with Gasteiger partial charge in [0.25, 0.3) is 0 Å². The minimum Gasteiger partial charge on any atom is -0.325 e. The van der Waals surface area contributed by atoms with Crippen LogP contribution in [0, 0.1) is 6.92 Å². The summed E-state index contributed by atoms with van der Waals surface area (Å²) in [7, 11) is 0. The Kier molecular flexibility index (Phi) is 5.42. The molecule has 92 valence electrons. The number of unbranched alkanes of at least 4 members (excludes halogenated alkanes) is 1. The molecule has 1 aromatic rings. The molecule has 3 heteroatoms. The largest absolute Gasteiger partial charge is 0.325 e. The van der Waals surface area contributed by atoms with Gasteiger partial charge >= 0.3 is 0 Å². The Balaban J connectivity index is 2.47. The Hall–Kier alpha value is -0.410. The summed E-state index contributed by atoms with van der Waals surface area (Å²) in [5, 5.41) is 0. The number of nitrogens with zero attached hydrogens (tertiary/aromatic N) is 1. The Morgan fingerprint density at radius 1 is 1.38 bits per heavy atom. The summed E-state index contributed by atoms with van der Waals surface area (Å²) in [5.41, 5.74) is 9.58. The molecule has 0 amide bonds. The molecule has 0 fully saturated rings. The molecule has 0 aromatic carbocycles. The molecule has 2 N–H and O–H groups in total. The molecule has 2 nitrogen and oxygen atoms in total. The van der Waals surface area contributed by atoms with Crippen molar-refractivity contribution in [1.82, 2.24) is 4.98 Å². The molecule has 1 atom stereocenters. The predicted molar refractivity (Wildman–Crippen MR) is 71.9 cm³/mol. The van der Waals surface area contributed by atoms with Gasteiger partial charge < -0.3 is 5.73 Å². The van der Waals surface area contributed by atoms with E-state index in [9.17, 15) is 0 Å². The van der Waals surface area contributed by atoms with E-state index in [-0.39, 0.29) is 5.54 Å². The van der Waals surface area contributed by atoms with Crippen LogP contribution in [0.15, 0.2) is 5.51 Å². The second-order valence-corrected chi connectivity index (χ2v) is 5.62. The van der Waals surface area contributed by atoms with Gasteiger partial charge in [-0.3, -0.25) is 0 Å². The van der Waals surface area contributed by atoms with Crippen LogP contribution in [0.1, 0.15) is 56.5 Å². The van der Waals surface area contributed by atoms with E-state index in [4.69, 9.17) is 5.73 Å². The number of thiazole rings is 1. The van der Waals surface area contributed by atoms with Crippen molar-refractivity contribution >= 4 is 11.3 Å². The SMILES string of the molecule is CCCCC(N)(CC)CCc1scnc1C. The van der Waals surface area contributed by atoms with Crippen molar-refractivity contribution in [3.63, 3.8) is 0 Å². The highest BCUT2D eigenvalue weighted by atomic mass is 32.1. The lowest BCUT2D eigenvalue weighted by Gasteiger charge is -2.28. The lowest BCUT2D eigenvalue weighted by Crippen LogP contribution is -2.39. The topological polar surface area (TPSA) is 38.9 Å². The lowest BCUT2D eigenvalue weighted by atomic mass is 9.86. The molecule has 1 rings (SSSR count). The Morgan fingerprint density at radius 2 is 2.12 bits per heavy atom. The van der Waals surface area contributed by atoms with Gasteiger partial charge in [-0.25, -0.2) is 4.98 Å². The highest BCUT2D eigenvalue weighted by Crippen LogP contribution is 2.24. The van der Waals surface area contributed by atoms with E-state index in [1.165, 1.54) is 23.4 Å². The Labute approximate surface area is 103 Å². The van der Waals surface area contributed by atoms with Crippen molar-refractivity contribution in [3.8, 4) is 0 Å². The maximum Gasteiger partial charge on any atom is 0.0797 e. The van der Waals surface area contributed by atoms with Crippen LogP contribution in [0.5, 0.6) is 0 Å². The summed E-state index contributed by atoms with van der Waals surface area (Å²) in [6, 6.07) is 0. The lowest BCUT2D eigenvalue weighted by molar-refractivity contribution is 0.343. The van der Waals surface area contributed by atoms with Gasteiger partial charge in [0.15, 0.2) is 0 Å². The average Bonchev–Trinajstić information content (AvgIpc) is 2.70. The molecule has 0 spiro atoms. The molecule has 0 saturated heterocycles. The number of aryl methyl sites for hydroxylation is 2. The van der Waals surface area contributed by atoms with E-state index >= 15 is 0 Å². The third-order valence-corrected chi connectivity index (χ3v) is 4.42. The van der Waals surface area contributed by atoms with Crippen molar-refractivity contribution < 1.29 is 0 Å². The van der Waals surface area contributed by atoms with Gasteiger partial charge in [0.05, 0.1) is 11.2 Å². The molecule has 0 saturated carbocycles. The molecule has 0 aliphatic heterocycles. The monoisotopic (exact) mass is 240 g/mol. The number of hydrogen-bond acceptors (Lipinski definition) is 3. The summed E-state index contributed by atoms with van der Waals surface area (Å²) in [6.45, 7) is 6.51. The van der Waals surface area contributed by atoms with Gasteiger partial charge in [0.2, 0.25) is 0 Å². The minimum absolute atomic E-state index is 0.0342. The van der Waals surface area contributed by atoms with Crippen LogP contribution in [0.2, 0.25) is 0 Å². The fraction of sp³-hybridized carbons (Fsp3) is 0.769. The molecule has 0 aliphatic rings. The summed E-state index contributed by atoms with van der Waals surface area (Å²) in [6.07, 6.45) is 6.88. The maximum absolute atomic E-state index is 6.43. The summed E-state index contributed by atoms with van der Waals surface area (Å²) in [5.74, 6) is 0. The Morgan fingerprint density at radius 3 is 2.62 bits per heavy atom. The van der Waals surface area contributed by atoms with Gasteiger partial charge in [-0.05, 0) is 32.6 Å². The molecule has 1 aromatic heterocycles. The van der Waals surface area contributed by atoms with E-state index < -0.39 is 0 Å². The number of rotatable bonds is 7. The van der Waals surface area contributed by atoms with Gasteiger partial charge in [0.1, 0.15) is 0 Å². The van der Waals surface area contributed by atoms with Crippen molar-refractivity contribution in [1.29, 1.82) is 0 Å². The van der Waals surface area contributed by atoms with E-state index in [0.29, 0.717) is 0 Å². The first-order chi connectivity index (χ1) is 7.61. The normalized spacial score (nSPS) is 15.0. The molecule has 0 bridgehead atoms. The first-order valence-corrected chi connectivity index (χ1v) is 7.17. The third-order valence-electron chi connectivity index (χ3n) is 3.43. The maximum atomic E-state index is 6.43. The van der Waals surface area contributed by atoms with Crippen LogP contribution < -0.4 is 5.73 Å². The quantitative estimate of drug-likeness (QED) is 0.789. The second-order valence-electron chi connectivity index (χ2n) is 4.68. The molecular formula is C13H24N2S. The fourth-order valence-corrected chi connectivity index (χ4v) is 2.72. The molecule has 1 heterocycles. The van der Waals surface area contributed by atoms with Crippen molar-refractivity contribution in [2.75, 3.05) is 0 Å². The van der Waals surface area contributed by atoms with Gasteiger partial charge in [-0.15, -0.1) is 11.3 Å². The number of hydrogen-bond donors (Lipinski definition) is 1. The molecule has 0 aliphatic carbocycles. The second kappa shape index (κ2) is 6.36. The predicted octanol–water partition coefficient (Wildman–Crippen LogP) is 3.68. The van der Waals surface area contributed by atoms with Crippen LogP contribution in [-0.2, 0) is 6.42 Å². The standard InChI is InChI=1S/C13H24N2S/c1-4-6-8-13(14,5-2)9-7-12-11(3)15-10-16-12/h10H,4-9,14H2,1-3H3. The zero-order chi connectivity index (χ0) is 12.0. The summed E-state index contributed by atoms with van der Waals surface area (Å²) < 4.78 is 0. The first kappa shape index (κ1) is 13.7. The summed E-state index contributed by atoms with van der Waals surface area (Å²) >= 11 is 1.76. The first-order valence-electron chi connectivity index (χ1n) is 6.29. The molecule has 0 radical (unpaired) electrons. The van der Waals surface area contributed by atoms with E-state index in [0.717, 1.165) is 25.7 Å². The highest BCUT2D eigenvalue weighted by Gasteiger charge is 2.22. The highest BCUT2D eigenvalue weighted by molar-refractivity contribution is 7.09. The zero-order valence-electron chi connectivity index (χ0n) is 10.8. The van der Waals surface area contributed by atoms with Crippen molar-refractivity contribution in [3.05, 3.63) is 16.1 Å². The fourth-order valence-electron chi connectivity index (χ4n) is 1.94. The van der Waals surface area contributed by atoms with Crippen LogP contribution >= 0.6 is 11.3 Å². The van der Waals surface area contributed by atoms with Gasteiger partial charge in [-0.1, -0.05) is 26.7 Å². The molecule has 16 heavy (non-hydrogen) atoms. The average molecular weight is 240 g/mol. The van der Waals surface area contributed by atoms with E-state index in [2.05, 4.69) is 25.8 Å². The zero-order valence-corrected chi connectivity index (χ0v) is 11.6. The van der Waals surface area contributed by atoms with Crippen LogP contribution in [-0.4, -0.2) is 10.5 Å². The molecule has 1 unspecified atom stereocenters. The van der Waals surface area contributed by atoms with E-state index in [1.54, 1.807) is 11.3 Å². The number of nitrogens with two attached hydrogens (primary N) is 1. The molecular weight excluding hydrogens is 216 g/mol. The van der Waals surface area contributed by atoms with E-state index in [1.807, 2.05) is 5.51 Å². The van der Waals surface area contributed by atoms with Gasteiger partial charge in [0, 0.05) is 10.4 Å². The van der Waals surface area contributed by atoms with Crippen LogP contribution in [0.25, 0.3) is 0 Å². The Bertz CT molecular complexity index is 309. The van der Waals surface area contributed by atoms with Crippen LogP contribution in [0.3, 0.4) is 0 Å². The smallest absolute Gasteiger partial charge is 0.0797 e. The van der Waals surface area contributed by atoms with Crippen LogP contribution in [0.4, 0.5) is 0 Å². The van der Waals surface area contributed by atoms with Crippen molar-refractivity contribution in [2.45, 2.75) is 64.8 Å². The third kappa shape index (κ3) is 3.87. The number of aromatic nitrogens is 1. The minimum atomic E-state index is 0.0342. The summed E-state index contributed by atoms with van der Waals surface area (Å²) in [4.78, 5) is 5.69. The van der Waals surface area contributed by atoms with Crippen molar-refractivity contribution in [2.24, 2.45) is 5.73 Å². The van der Waals surface area contributed by atoms with Gasteiger partial charge in [-0.2, -0.15) is 0 Å².